The molecule has 2 amide bonds. The monoisotopic (exact) mass is 465 g/mol. The van der Waals surface area contributed by atoms with Gasteiger partial charge in [0.2, 0.25) is 23.4 Å². The van der Waals surface area contributed by atoms with E-state index in [1.807, 2.05) is 27.3 Å². The van der Waals surface area contributed by atoms with Crippen LogP contribution in [0.15, 0.2) is 44.7 Å². The van der Waals surface area contributed by atoms with E-state index in [1.165, 1.54) is 6.26 Å². The van der Waals surface area contributed by atoms with Crippen LogP contribution in [-0.2, 0) is 16.0 Å². The number of carbonyl (C=O) groups is 2. The molecular weight excluding hydrogens is 442 g/mol. The van der Waals surface area contributed by atoms with Gasteiger partial charge in [-0.2, -0.15) is 10.2 Å². The van der Waals surface area contributed by atoms with Crippen molar-refractivity contribution in [2.45, 2.75) is 25.3 Å². The van der Waals surface area contributed by atoms with Gasteiger partial charge in [0.05, 0.1) is 12.7 Å². The first-order valence-corrected chi connectivity index (χ1v) is 11.8. The van der Waals surface area contributed by atoms with Crippen molar-refractivity contribution in [2.75, 3.05) is 37.6 Å². The molecule has 10 heteroatoms. The lowest BCUT2D eigenvalue weighted by Crippen LogP contribution is -2.54. The van der Waals surface area contributed by atoms with Crippen molar-refractivity contribution < 1.29 is 18.4 Å². The van der Waals surface area contributed by atoms with Crippen molar-refractivity contribution >= 4 is 29.0 Å². The van der Waals surface area contributed by atoms with Crippen molar-refractivity contribution in [1.82, 2.24) is 14.8 Å². The Morgan fingerprint density at radius 3 is 2.73 bits per heavy atom. The number of amides is 2. The van der Waals surface area contributed by atoms with Crippen molar-refractivity contribution in [3.8, 4) is 17.7 Å². The van der Waals surface area contributed by atoms with Crippen molar-refractivity contribution in [3.63, 3.8) is 0 Å². The zero-order chi connectivity index (χ0) is 22.8. The number of furan rings is 1. The smallest absolute Gasteiger partial charge is 0.266 e. The minimum atomic E-state index is -0.394. The fourth-order valence-electron chi connectivity index (χ4n) is 4.43. The number of hydrogen-bond acceptors (Lipinski definition) is 8. The van der Waals surface area contributed by atoms with E-state index < -0.39 is 6.04 Å². The Balaban J connectivity index is 1.22. The lowest BCUT2D eigenvalue weighted by atomic mass is 10.1. The Morgan fingerprint density at radius 2 is 2.03 bits per heavy atom. The molecule has 0 aliphatic carbocycles. The molecule has 1 unspecified atom stereocenters. The van der Waals surface area contributed by atoms with Crippen LogP contribution < -0.4 is 4.90 Å². The Hall–Kier alpha value is -3.58. The molecule has 0 aromatic carbocycles. The zero-order valence-corrected chi connectivity index (χ0v) is 18.8. The van der Waals surface area contributed by atoms with E-state index in [2.05, 4.69) is 11.1 Å². The Labute approximate surface area is 194 Å². The van der Waals surface area contributed by atoms with E-state index in [9.17, 15) is 14.9 Å². The number of rotatable bonds is 5. The molecule has 5 heterocycles. The Morgan fingerprint density at radius 1 is 1.18 bits per heavy atom. The first kappa shape index (κ1) is 21.3. The summed E-state index contributed by atoms with van der Waals surface area (Å²) in [6, 6.07) is 9.02. The van der Waals surface area contributed by atoms with Crippen LogP contribution in [0.5, 0.6) is 0 Å². The van der Waals surface area contributed by atoms with Crippen LogP contribution in [0.2, 0.25) is 0 Å². The van der Waals surface area contributed by atoms with E-state index in [1.54, 1.807) is 28.4 Å². The summed E-state index contributed by atoms with van der Waals surface area (Å²) in [6.45, 7) is 2.64. The molecular formula is C23H23N5O4S. The number of aromatic nitrogens is 1. The van der Waals surface area contributed by atoms with Gasteiger partial charge in [-0.05, 0) is 36.4 Å². The van der Waals surface area contributed by atoms with Gasteiger partial charge in [-0.3, -0.25) is 9.59 Å². The van der Waals surface area contributed by atoms with Crippen molar-refractivity contribution in [3.05, 3.63) is 46.5 Å². The molecule has 3 aromatic rings. The topological polar surface area (TPSA) is 107 Å². The van der Waals surface area contributed by atoms with Gasteiger partial charge in [-0.1, -0.05) is 6.07 Å². The van der Waals surface area contributed by atoms with Crippen LogP contribution in [0.4, 0.5) is 5.88 Å². The number of likely N-dealkylation sites (tertiary alicyclic amines) is 1. The maximum absolute atomic E-state index is 13.3. The molecule has 0 bridgehead atoms. The van der Waals surface area contributed by atoms with E-state index in [-0.39, 0.29) is 23.4 Å². The fraction of sp³-hybridized carbons (Fsp3) is 0.391. The van der Waals surface area contributed by atoms with Crippen LogP contribution in [0, 0.1) is 11.3 Å². The number of piperazine rings is 1. The molecule has 5 rings (SSSR count). The van der Waals surface area contributed by atoms with Gasteiger partial charge in [0.25, 0.3) is 5.89 Å². The third kappa shape index (κ3) is 4.24. The van der Waals surface area contributed by atoms with Gasteiger partial charge in [0.1, 0.15) is 12.1 Å². The third-order valence-electron chi connectivity index (χ3n) is 6.09. The van der Waals surface area contributed by atoms with Crippen molar-refractivity contribution in [1.29, 1.82) is 5.26 Å². The maximum Gasteiger partial charge on any atom is 0.266 e. The van der Waals surface area contributed by atoms with Crippen LogP contribution in [0.25, 0.3) is 11.7 Å². The van der Waals surface area contributed by atoms with Gasteiger partial charge in [-0.25, -0.2) is 0 Å². The van der Waals surface area contributed by atoms with Gasteiger partial charge in [0, 0.05) is 37.6 Å². The zero-order valence-electron chi connectivity index (χ0n) is 18.0. The molecule has 1 atom stereocenters. The highest BCUT2D eigenvalue weighted by Gasteiger charge is 2.37. The number of anilines is 1. The normalized spacial score (nSPS) is 18.5. The molecule has 9 nitrogen and oxygen atoms in total. The standard InChI is InChI=1S/C23H23N5O4S/c24-15-17-23(32-21(25-17)19-6-2-12-31-19)27-10-8-26(9-11-27)22(30)18-5-1-7-28(18)20(29)14-16-4-3-13-33-16/h2-4,6,12-13,18H,1,5,7-11,14H2. The average molecular weight is 466 g/mol. The average Bonchev–Trinajstić information content (AvgIpc) is 3.63. The second-order valence-corrected chi connectivity index (χ2v) is 9.11. The Kier molecular flexibility index (Phi) is 5.88. The molecule has 0 radical (unpaired) electrons. The number of oxazole rings is 1. The molecule has 0 N–H and O–H groups in total. The maximum atomic E-state index is 13.3. The third-order valence-corrected chi connectivity index (χ3v) is 6.97. The summed E-state index contributed by atoms with van der Waals surface area (Å²) in [5, 5.41) is 11.4. The molecule has 33 heavy (non-hydrogen) atoms. The quantitative estimate of drug-likeness (QED) is 0.570. The van der Waals surface area contributed by atoms with Crippen LogP contribution in [0.3, 0.4) is 0 Å². The predicted octanol–water partition coefficient (Wildman–Crippen LogP) is 2.75. The molecule has 0 spiro atoms. The second kappa shape index (κ2) is 9.11. The number of nitriles is 1. The molecule has 2 fully saturated rings. The van der Waals surface area contributed by atoms with Gasteiger partial charge in [0.15, 0.2) is 5.76 Å². The largest absolute Gasteiger partial charge is 0.459 e. The SMILES string of the molecule is N#Cc1nc(-c2ccco2)oc1N1CCN(C(=O)C2CCCN2C(=O)Cc2cccs2)CC1. The summed E-state index contributed by atoms with van der Waals surface area (Å²) < 4.78 is 11.1. The number of nitrogens with zero attached hydrogens (tertiary/aromatic N) is 5. The molecule has 0 saturated carbocycles. The summed E-state index contributed by atoms with van der Waals surface area (Å²) in [6.07, 6.45) is 3.40. The summed E-state index contributed by atoms with van der Waals surface area (Å²) in [5.74, 6) is 1.12. The number of thiophene rings is 1. The summed E-state index contributed by atoms with van der Waals surface area (Å²) in [7, 11) is 0. The predicted molar refractivity (Wildman–Crippen MR) is 120 cm³/mol. The minimum Gasteiger partial charge on any atom is -0.459 e. The first-order valence-electron chi connectivity index (χ1n) is 10.9. The van der Waals surface area contributed by atoms with E-state index in [0.29, 0.717) is 57.2 Å². The lowest BCUT2D eigenvalue weighted by Gasteiger charge is -2.37. The van der Waals surface area contributed by atoms with E-state index in [0.717, 1.165) is 11.3 Å². The molecule has 2 aliphatic heterocycles. The van der Waals surface area contributed by atoms with Gasteiger partial charge >= 0.3 is 0 Å². The van der Waals surface area contributed by atoms with Crippen LogP contribution in [-0.4, -0.2) is 65.4 Å². The highest BCUT2D eigenvalue weighted by atomic mass is 32.1. The minimum absolute atomic E-state index is 0.000954. The Bertz CT molecular complexity index is 1160. The van der Waals surface area contributed by atoms with E-state index >= 15 is 0 Å². The fourth-order valence-corrected chi connectivity index (χ4v) is 5.13. The number of carbonyl (C=O) groups excluding carboxylic acids is 2. The second-order valence-electron chi connectivity index (χ2n) is 8.08. The van der Waals surface area contributed by atoms with E-state index in [4.69, 9.17) is 8.83 Å². The lowest BCUT2D eigenvalue weighted by molar-refractivity contribution is -0.143. The van der Waals surface area contributed by atoms with Crippen molar-refractivity contribution in [2.24, 2.45) is 0 Å². The molecule has 2 aliphatic rings. The van der Waals surface area contributed by atoms with Gasteiger partial charge in [-0.15, -0.1) is 11.3 Å². The highest BCUT2D eigenvalue weighted by Crippen LogP contribution is 2.29. The molecule has 170 valence electrons. The van der Waals surface area contributed by atoms with Crippen LogP contribution >= 0.6 is 11.3 Å². The highest BCUT2D eigenvalue weighted by molar-refractivity contribution is 7.10. The summed E-state index contributed by atoms with van der Waals surface area (Å²) in [4.78, 5) is 36.8. The van der Waals surface area contributed by atoms with Gasteiger partial charge < -0.3 is 23.5 Å². The summed E-state index contributed by atoms with van der Waals surface area (Å²) >= 11 is 1.56. The van der Waals surface area contributed by atoms with Crippen LogP contribution in [0.1, 0.15) is 23.4 Å². The molecule has 2 saturated heterocycles. The number of hydrogen-bond donors (Lipinski definition) is 0. The summed E-state index contributed by atoms with van der Waals surface area (Å²) in [5.41, 5.74) is 0.197. The first-order chi connectivity index (χ1) is 16.1. The molecule has 3 aromatic heterocycles.